The number of alkyl halides is 3. The molecule has 0 radical (unpaired) electrons. The second-order valence-corrected chi connectivity index (χ2v) is 5.87. The van der Waals surface area contributed by atoms with Crippen LogP contribution in [0.5, 0.6) is 0 Å². The highest BCUT2D eigenvalue weighted by Crippen LogP contribution is 2.36. The molecule has 1 fully saturated rings. The highest BCUT2D eigenvalue weighted by Gasteiger charge is 2.50. The standard InChI is InChI=1S/C12H12ClF3N6O3/c13-11-20-8(18)5-9(21-11)22(2-19-5)4-1-3(17)6(23)7(4)25-10(24)12(14,15)16/h2-4,6-7,23H,1,17H2,(H2,18,20,21)/t3-,4+,6+,7-/m0/s1. The summed E-state index contributed by atoms with van der Waals surface area (Å²) >= 11 is 5.75. The lowest BCUT2D eigenvalue weighted by atomic mass is 10.2. The van der Waals surface area contributed by atoms with Crippen LogP contribution in [0.25, 0.3) is 11.2 Å². The van der Waals surface area contributed by atoms with Crippen LogP contribution >= 0.6 is 11.6 Å². The summed E-state index contributed by atoms with van der Waals surface area (Å²) in [4.78, 5) is 22.8. The van der Waals surface area contributed by atoms with Gasteiger partial charge in [0.2, 0.25) is 5.28 Å². The van der Waals surface area contributed by atoms with Crippen LogP contribution in [0.15, 0.2) is 6.33 Å². The van der Waals surface area contributed by atoms with Crippen molar-refractivity contribution in [1.29, 1.82) is 0 Å². The molecular formula is C12H12ClF3N6O3. The Bertz CT molecular complexity index is 828. The monoisotopic (exact) mass is 380 g/mol. The summed E-state index contributed by atoms with van der Waals surface area (Å²) in [5.74, 6) is -2.45. The number of anilines is 1. The Morgan fingerprint density at radius 3 is 2.76 bits per heavy atom. The van der Waals surface area contributed by atoms with Crippen LogP contribution in [0.3, 0.4) is 0 Å². The van der Waals surface area contributed by atoms with Crippen molar-refractivity contribution in [1.82, 2.24) is 19.5 Å². The first-order valence-corrected chi connectivity index (χ1v) is 7.34. The Labute approximate surface area is 142 Å². The number of esters is 1. The summed E-state index contributed by atoms with van der Waals surface area (Å²) in [6.07, 6.45) is -7.00. The van der Waals surface area contributed by atoms with Crippen LogP contribution < -0.4 is 11.5 Å². The maximum atomic E-state index is 12.5. The zero-order valence-electron chi connectivity index (χ0n) is 12.3. The third-order valence-electron chi connectivity index (χ3n) is 3.92. The third-order valence-corrected chi connectivity index (χ3v) is 4.09. The molecule has 5 N–H and O–H groups in total. The van der Waals surface area contributed by atoms with Crippen LogP contribution in [0.2, 0.25) is 5.28 Å². The van der Waals surface area contributed by atoms with Gasteiger partial charge >= 0.3 is 12.1 Å². The molecule has 2 aromatic rings. The SMILES string of the molecule is Nc1nc(Cl)nc2c1ncn2[C@@H]1C[C@H](N)[C@@H](O)[C@H]1OC(=O)C(F)(F)F. The molecule has 25 heavy (non-hydrogen) atoms. The van der Waals surface area contributed by atoms with Gasteiger partial charge in [-0.2, -0.15) is 23.1 Å². The average molecular weight is 381 g/mol. The molecule has 0 saturated heterocycles. The van der Waals surface area contributed by atoms with Gasteiger partial charge in [-0.1, -0.05) is 0 Å². The molecule has 2 heterocycles. The lowest BCUT2D eigenvalue weighted by Gasteiger charge is -2.24. The Kier molecular flexibility index (Phi) is 4.21. The molecule has 2 aromatic heterocycles. The van der Waals surface area contributed by atoms with Crippen molar-refractivity contribution in [3.8, 4) is 0 Å². The molecule has 13 heteroatoms. The number of ether oxygens (including phenoxy) is 1. The zero-order valence-corrected chi connectivity index (χ0v) is 13.1. The molecule has 4 atom stereocenters. The van der Waals surface area contributed by atoms with Gasteiger partial charge in [-0.3, -0.25) is 0 Å². The summed E-state index contributed by atoms with van der Waals surface area (Å²) in [5.41, 5.74) is 11.7. The van der Waals surface area contributed by atoms with Crippen LogP contribution in [0, 0.1) is 0 Å². The molecule has 136 valence electrons. The van der Waals surface area contributed by atoms with E-state index in [9.17, 15) is 23.1 Å². The maximum Gasteiger partial charge on any atom is 0.490 e. The number of fused-ring (bicyclic) bond motifs is 1. The summed E-state index contributed by atoms with van der Waals surface area (Å²) in [7, 11) is 0. The van der Waals surface area contributed by atoms with Crippen LogP contribution in [-0.4, -0.2) is 55.0 Å². The van der Waals surface area contributed by atoms with E-state index in [0.717, 1.165) is 0 Å². The molecule has 1 aliphatic rings. The molecule has 0 spiro atoms. The minimum atomic E-state index is -5.20. The van der Waals surface area contributed by atoms with Crippen LogP contribution in [0.4, 0.5) is 19.0 Å². The first-order chi connectivity index (χ1) is 11.6. The number of nitrogen functional groups attached to an aromatic ring is 1. The van der Waals surface area contributed by atoms with Gasteiger partial charge in [0, 0.05) is 6.04 Å². The fourth-order valence-electron chi connectivity index (χ4n) is 2.79. The van der Waals surface area contributed by atoms with Crippen molar-refractivity contribution in [3.63, 3.8) is 0 Å². The lowest BCUT2D eigenvalue weighted by molar-refractivity contribution is -0.209. The van der Waals surface area contributed by atoms with Gasteiger partial charge in [-0.25, -0.2) is 9.78 Å². The number of aliphatic hydroxyl groups excluding tert-OH is 1. The van der Waals surface area contributed by atoms with Gasteiger partial charge in [-0.15, -0.1) is 0 Å². The van der Waals surface area contributed by atoms with E-state index in [0.29, 0.717) is 0 Å². The van der Waals surface area contributed by atoms with Gasteiger partial charge in [0.15, 0.2) is 17.6 Å². The number of hydrogen-bond acceptors (Lipinski definition) is 8. The van der Waals surface area contributed by atoms with E-state index in [-0.39, 0.29) is 28.7 Å². The average Bonchev–Trinajstić information content (AvgIpc) is 3.02. The van der Waals surface area contributed by atoms with Gasteiger partial charge in [0.25, 0.3) is 0 Å². The fraction of sp³-hybridized carbons (Fsp3) is 0.500. The number of aromatic nitrogens is 4. The largest absolute Gasteiger partial charge is 0.490 e. The first kappa shape index (κ1) is 17.6. The molecule has 1 aliphatic carbocycles. The number of halogens is 4. The van der Waals surface area contributed by atoms with Gasteiger partial charge in [-0.05, 0) is 18.0 Å². The molecule has 0 amide bonds. The van der Waals surface area contributed by atoms with E-state index in [4.69, 9.17) is 23.1 Å². The highest BCUT2D eigenvalue weighted by molar-refractivity contribution is 6.28. The Morgan fingerprint density at radius 1 is 1.44 bits per heavy atom. The van der Waals surface area contributed by atoms with Crippen molar-refractivity contribution >= 4 is 34.6 Å². The number of carbonyl (C=O) groups is 1. The minimum Gasteiger partial charge on any atom is -0.451 e. The quantitative estimate of drug-likeness (QED) is 0.494. The smallest absolute Gasteiger partial charge is 0.451 e. The van der Waals surface area contributed by atoms with Crippen LogP contribution in [-0.2, 0) is 9.53 Å². The van der Waals surface area contributed by atoms with Crippen molar-refractivity contribution in [2.75, 3.05) is 5.73 Å². The number of aliphatic hydroxyl groups is 1. The minimum absolute atomic E-state index is 0.0178. The van der Waals surface area contributed by atoms with E-state index in [2.05, 4.69) is 19.7 Å². The predicted molar refractivity (Wildman–Crippen MR) is 78.3 cm³/mol. The van der Waals surface area contributed by atoms with E-state index in [1.165, 1.54) is 10.9 Å². The molecular weight excluding hydrogens is 369 g/mol. The molecule has 3 rings (SSSR count). The lowest BCUT2D eigenvalue weighted by Crippen LogP contribution is -2.41. The second-order valence-electron chi connectivity index (χ2n) is 5.53. The van der Waals surface area contributed by atoms with Crippen LogP contribution in [0.1, 0.15) is 12.5 Å². The van der Waals surface area contributed by atoms with Crippen molar-refractivity contribution in [2.45, 2.75) is 36.9 Å². The topological polar surface area (TPSA) is 142 Å². The van der Waals surface area contributed by atoms with E-state index >= 15 is 0 Å². The van der Waals surface area contributed by atoms with E-state index in [1.54, 1.807) is 0 Å². The Balaban J connectivity index is 2.01. The molecule has 0 bridgehead atoms. The molecule has 0 aromatic carbocycles. The number of nitrogens with zero attached hydrogens (tertiary/aromatic N) is 4. The zero-order chi connectivity index (χ0) is 18.5. The normalized spacial score (nSPS) is 27.0. The summed E-state index contributed by atoms with van der Waals surface area (Å²) < 4.78 is 43.2. The number of nitrogens with two attached hydrogens (primary N) is 2. The Morgan fingerprint density at radius 2 is 2.12 bits per heavy atom. The maximum absolute atomic E-state index is 12.5. The molecule has 9 nitrogen and oxygen atoms in total. The van der Waals surface area contributed by atoms with Crippen molar-refractivity contribution in [3.05, 3.63) is 11.6 Å². The van der Waals surface area contributed by atoms with Gasteiger partial charge in [0.05, 0.1) is 12.4 Å². The first-order valence-electron chi connectivity index (χ1n) is 6.96. The molecule has 0 aliphatic heterocycles. The van der Waals surface area contributed by atoms with Gasteiger partial charge < -0.3 is 25.9 Å². The summed E-state index contributed by atoms with van der Waals surface area (Å²) in [6, 6.07) is -1.85. The molecule has 1 saturated carbocycles. The van der Waals surface area contributed by atoms with Gasteiger partial charge in [0.1, 0.15) is 11.6 Å². The number of imidazole rings is 1. The van der Waals surface area contributed by atoms with E-state index in [1.807, 2.05) is 0 Å². The predicted octanol–water partition coefficient (Wildman–Crippen LogP) is 0.169. The number of hydrogen-bond donors (Lipinski definition) is 3. The second kappa shape index (κ2) is 5.97. The van der Waals surface area contributed by atoms with Crippen molar-refractivity contribution in [2.24, 2.45) is 5.73 Å². The Hall–Kier alpha value is -2.18. The summed E-state index contributed by atoms with van der Waals surface area (Å²) in [5, 5.41) is 9.84. The van der Waals surface area contributed by atoms with E-state index < -0.39 is 36.4 Å². The molecule has 0 unspecified atom stereocenters. The number of rotatable bonds is 2. The third kappa shape index (κ3) is 3.07. The number of carbonyl (C=O) groups excluding carboxylic acids is 1. The highest BCUT2D eigenvalue weighted by atomic mass is 35.5. The fourth-order valence-corrected chi connectivity index (χ4v) is 2.96. The summed E-state index contributed by atoms with van der Waals surface area (Å²) in [6.45, 7) is 0. The van der Waals surface area contributed by atoms with Crippen molar-refractivity contribution < 1.29 is 27.8 Å².